The van der Waals surface area contributed by atoms with Gasteiger partial charge in [0.1, 0.15) is 11.5 Å². The lowest BCUT2D eigenvalue weighted by molar-refractivity contribution is -0.117. The second-order valence-electron chi connectivity index (χ2n) is 8.34. The number of anilines is 1. The molecule has 1 atom stereocenters. The number of hydrogen-bond donors (Lipinski definition) is 2. The van der Waals surface area contributed by atoms with Crippen LogP contribution in [0.3, 0.4) is 0 Å². The molecule has 4 rings (SSSR count). The lowest BCUT2D eigenvalue weighted by atomic mass is 10.1. The number of likely N-dealkylation sites (tertiary alicyclic amines) is 1. The topological polar surface area (TPSA) is 79.9 Å². The van der Waals surface area contributed by atoms with Crippen LogP contribution in [-0.4, -0.2) is 50.1 Å². The first-order valence-corrected chi connectivity index (χ1v) is 11.2. The van der Waals surface area contributed by atoms with Crippen molar-refractivity contribution >= 4 is 29.1 Å². The molecule has 0 bridgehead atoms. The Labute approximate surface area is 193 Å². The summed E-state index contributed by atoms with van der Waals surface area (Å²) in [6, 6.07) is 11.2. The molecule has 32 heavy (non-hydrogen) atoms. The fourth-order valence-corrected chi connectivity index (χ4v) is 4.17. The Morgan fingerprint density at radius 3 is 2.66 bits per heavy atom. The van der Waals surface area contributed by atoms with E-state index in [9.17, 15) is 9.59 Å². The number of rotatable bonds is 8. The molecule has 0 spiro atoms. The van der Waals surface area contributed by atoms with Crippen LogP contribution in [0, 0.1) is 5.92 Å². The first-order valence-electron chi connectivity index (χ1n) is 10.8. The van der Waals surface area contributed by atoms with Crippen LogP contribution in [0.2, 0.25) is 5.02 Å². The van der Waals surface area contributed by atoms with E-state index in [1.54, 1.807) is 19.2 Å². The van der Waals surface area contributed by atoms with E-state index >= 15 is 0 Å². The molecule has 8 heteroatoms. The maximum absolute atomic E-state index is 13.0. The highest BCUT2D eigenvalue weighted by atomic mass is 35.5. The second kappa shape index (κ2) is 9.79. The van der Waals surface area contributed by atoms with Gasteiger partial charge in [-0.1, -0.05) is 23.7 Å². The summed E-state index contributed by atoms with van der Waals surface area (Å²) in [5.41, 5.74) is 1.99. The van der Waals surface area contributed by atoms with Gasteiger partial charge >= 0.3 is 0 Å². The molecule has 1 saturated heterocycles. The van der Waals surface area contributed by atoms with Crippen molar-refractivity contribution in [3.8, 4) is 11.5 Å². The van der Waals surface area contributed by atoms with Gasteiger partial charge in [0.25, 0.3) is 5.91 Å². The van der Waals surface area contributed by atoms with E-state index < -0.39 is 0 Å². The van der Waals surface area contributed by atoms with Crippen LogP contribution in [-0.2, 0) is 11.3 Å². The van der Waals surface area contributed by atoms with Crippen LogP contribution in [0.15, 0.2) is 36.4 Å². The Kier molecular flexibility index (Phi) is 6.86. The number of methoxy groups -OCH3 is 2. The lowest BCUT2D eigenvalue weighted by Gasteiger charge is -2.18. The number of halogens is 1. The third-order valence-corrected chi connectivity index (χ3v) is 6.20. The molecule has 2 amide bonds. The molecule has 0 radical (unpaired) electrons. The minimum absolute atomic E-state index is 0.0332. The number of carbonyl (C=O) groups excluding carboxylic acids is 2. The van der Waals surface area contributed by atoms with E-state index in [0.717, 1.165) is 44.6 Å². The third-order valence-electron chi connectivity index (χ3n) is 5.89. The molecule has 2 aromatic carbocycles. The summed E-state index contributed by atoms with van der Waals surface area (Å²) in [4.78, 5) is 27.3. The molecule has 1 aliphatic heterocycles. The number of nitrogens with zero attached hydrogens (tertiary/aromatic N) is 1. The van der Waals surface area contributed by atoms with Crippen LogP contribution >= 0.6 is 11.6 Å². The van der Waals surface area contributed by atoms with Crippen molar-refractivity contribution in [2.24, 2.45) is 5.92 Å². The maximum atomic E-state index is 13.0. The predicted molar refractivity (Wildman–Crippen MR) is 123 cm³/mol. The molecule has 0 unspecified atom stereocenters. The van der Waals surface area contributed by atoms with Crippen LogP contribution in [0.4, 0.5) is 5.69 Å². The SMILES string of the molecule is COc1cccc(CN2CC[C@H](NC(=O)c3cc(Cl)c(NC(=O)C4CC4)cc3OC)C2)c1. The van der Waals surface area contributed by atoms with Crippen LogP contribution in [0.1, 0.15) is 35.2 Å². The van der Waals surface area contributed by atoms with Crippen molar-refractivity contribution in [1.82, 2.24) is 10.2 Å². The fraction of sp³-hybridized carbons (Fsp3) is 0.417. The molecule has 2 fully saturated rings. The molecule has 0 aromatic heterocycles. The zero-order valence-corrected chi connectivity index (χ0v) is 19.1. The molecule has 170 valence electrons. The van der Waals surface area contributed by atoms with Gasteiger partial charge in [-0.05, 0) is 43.0 Å². The molecule has 2 N–H and O–H groups in total. The van der Waals surface area contributed by atoms with Gasteiger partial charge in [0.2, 0.25) is 5.91 Å². The van der Waals surface area contributed by atoms with Crippen molar-refractivity contribution in [1.29, 1.82) is 0 Å². The number of ether oxygens (including phenoxy) is 2. The van der Waals surface area contributed by atoms with Crippen LogP contribution < -0.4 is 20.1 Å². The summed E-state index contributed by atoms with van der Waals surface area (Å²) >= 11 is 6.36. The molecule has 1 saturated carbocycles. The average molecular weight is 458 g/mol. The van der Waals surface area contributed by atoms with Gasteiger partial charge in [0.05, 0.1) is 30.5 Å². The fourth-order valence-electron chi connectivity index (χ4n) is 3.96. The van der Waals surface area contributed by atoms with Gasteiger partial charge in [-0.15, -0.1) is 0 Å². The van der Waals surface area contributed by atoms with E-state index in [1.807, 2.05) is 18.2 Å². The number of benzene rings is 2. The van der Waals surface area contributed by atoms with E-state index in [-0.39, 0.29) is 23.8 Å². The summed E-state index contributed by atoms with van der Waals surface area (Å²) in [6.45, 7) is 2.45. The Morgan fingerprint density at radius 1 is 1.12 bits per heavy atom. The van der Waals surface area contributed by atoms with Gasteiger partial charge in [0, 0.05) is 37.7 Å². The van der Waals surface area contributed by atoms with Gasteiger partial charge in [-0.3, -0.25) is 14.5 Å². The molecular formula is C24H28ClN3O4. The number of carbonyl (C=O) groups is 2. The van der Waals surface area contributed by atoms with Crippen molar-refractivity contribution in [3.05, 3.63) is 52.5 Å². The van der Waals surface area contributed by atoms with Crippen molar-refractivity contribution < 1.29 is 19.1 Å². The normalized spacial score (nSPS) is 18.3. The standard InChI is InChI=1S/C24H28ClN3O4/c1-31-18-5-3-4-15(10-18)13-28-9-8-17(14-28)26-24(30)19-11-20(25)21(12-22(19)32-2)27-23(29)16-6-7-16/h3-5,10-12,16-17H,6-9,13-14H2,1-2H3,(H,26,30)(H,27,29)/t17-/m0/s1. The summed E-state index contributed by atoms with van der Waals surface area (Å²) in [6.07, 6.45) is 2.66. The van der Waals surface area contributed by atoms with E-state index in [2.05, 4.69) is 21.6 Å². The first-order chi connectivity index (χ1) is 15.5. The minimum Gasteiger partial charge on any atom is -0.497 e. The Balaban J connectivity index is 1.37. The number of amides is 2. The average Bonchev–Trinajstić information content (AvgIpc) is 3.56. The molecule has 7 nitrogen and oxygen atoms in total. The summed E-state index contributed by atoms with van der Waals surface area (Å²) in [5, 5.41) is 6.23. The molecule has 1 heterocycles. The van der Waals surface area contributed by atoms with Crippen molar-refractivity contribution in [2.75, 3.05) is 32.6 Å². The smallest absolute Gasteiger partial charge is 0.255 e. The Hall–Kier alpha value is -2.77. The minimum atomic E-state index is -0.239. The van der Waals surface area contributed by atoms with Gasteiger partial charge in [-0.25, -0.2) is 0 Å². The van der Waals surface area contributed by atoms with Crippen molar-refractivity contribution in [2.45, 2.75) is 31.8 Å². The molecule has 1 aliphatic carbocycles. The van der Waals surface area contributed by atoms with Gasteiger partial charge in [0.15, 0.2) is 0 Å². The van der Waals surface area contributed by atoms with Gasteiger partial charge < -0.3 is 20.1 Å². The third kappa shape index (κ3) is 5.34. The van der Waals surface area contributed by atoms with E-state index in [4.69, 9.17) is 21.1 Å². The van der Waals surface area contributed by atoms with Crippen molar-refractivity contribution in [3.63, 3.8) is 0 Å². The largest absolute Gasteiger partial charge is 0.497 e. The summed E-state index contributed by atoms with van der Waals surface area (Å²) < 4.78 is 10.7. The number of hydrogen-bond acceptors (Lipinski definition) is 5. The van der Waals surface area contributed by atoms with Gasteiger partial charge in [-0.2, -0.15) is 0 Å². The molecule has 2 aromatic rings. The van der Waals surface area contributed by atoms with Crippen LogP contribution in [0.25, 0.3) is 0 Å². The summed E-state index contributed by atoms with van der Waals surface area (Å²) in [5.74, 6) is 0.990. The molecule has 2 aliphatic rings. The second-order valence-corrected chi connectivity index (χ2v) is 8.75. The van der Waals surface area contributed by atoms with E-state index in [1.165, 1.54) is 12.7 Å². The maximum Gasteiger partial charge on any atom is 0.255 e. The highest BCUT2D eigenvalue weighted by Crippen LogP contribution is 2.34. The Morgan fingerprint density at radius 2 is 1.94 bits per heavy atom. The molecular weight excluding hydrogens is 430 g/mol. The summed E-state index contributed by atoms with van der Waals surface area (Å²) in [7, 11) is 3.16. The zero-order valence-electron chi connectivity index (χ0n) is 18.3. The first kappa shape index (κ1) is 22.4. The number of nitrogens with one attached hydrogen (secondary N) is 2. The highest BCUT2D eigenvalue weighted by Gasteiger charge is 2.30. The zero-order chi connectivity index (χ0) is 22.7. The monoisotopic (exact) mass is 457 g/mol. The predicted octanol–water partition coefficient (Wildman–Crippen LogP) is 3.71. The van der Waals surface area contributed by atoms with E-state index in [0.29, 0.717) is 22.0 Å². The van der Waals surface area contributed by atoms with Crippen LogP contribution in [0.5, 0.6) is 11.5 Å². The Bertz CT molecular complexity index is 1010. The quantitative estimate of drug-likeness (QED) is 0.631. The highest BCUT2D eigenvalue weighted by molar-refractivity contribution is 6.34. The lowest BCUT2D eigenvalue weighted by Crippen LogP contribution is -2.37.